The van der Waals surface area contributed by atoms with Crippen LogP contribution in [0.4, 0.5) is 0 Å². The number of ether oxygens (including phenoxy) is 5. The first-order valence-corrected chi connectivity index (χ1v) is 33.4. The number of carbonyl (C=O) groups is 1. The van der Waals surface area contributed by atoms with Gasteiger partial charge in [0.2, 0.25) is 0 Å². The van der Waals surface area contributed by atoms with E-state index in [0.29, 0.717) is 43.8 Å². The van der Waals surface area contributed by atoms with Crippen molar-refractivity contribution < 1.29 is 54.4 Å². The molecule has 3 aliphatic heterocycles. The minimum absolute atomic E-state index is 0.0353. The number of methoxy groups -OCH3 is 1. The predicted octanol–water partition coefficient (Wildman–Crippen LogP) is 11.6. The van der Waals surface area contributed by atoms with E-state index in [2.05, 4.69) is 132 Å². The second kappa shape index (κ2) is 21.5. The molecule has 0 bridgehead atoms. The summed E-state index contributed by atoms with van der Waals surface area (Å²) in [4.78, 5) is 14.8. The van der Waals surface area contributed by atoms with Crippen LogP contribution in [0, 0.1) is 17.8 Å². The Hall–Kier alpha value is -0.0625. The van der Waals surface area contributed by atoms with Crippen LogP contribution in [-0.4, -0.2) is 116 Å². The van der Waals surface area contributed by atoms with Crippen molar-refractivity contribution in [2.24, 2.45) is 17.8 Å². The average molecular weight is 976 g/mol. The van der Waals surface area contributed by atoms with Crippen molar-refractivity contribution in [2.75, 3.05) is 26.9 Å². The zero-order chi connectivity index (χ0) is 47.9. The van der Waals surface area contributed by atoms with E-state index in [1.165, 1.54) is 6.42 Å². The lowest BCUT2D eigenvalue weighted by molar-refractivity contribution is -0.323. The molecule has 0 unspecified atom stereocenters. The summed E-state index contributed by atoms with van der Waals surface area (Å²) in [6, 6.07) is 0. The molecule has 0 radical (unpaired) electrons. The van der Waals surface area contributed by atoms with Gasteiger partial charge in [-0.3, -0.25) is 0 Å². The highest BCUT2D eigenvalue weighted by atomic mass is 28.5. The molecule has 0 amide bonds. The fourth-order valence-corrected chi connectivity index (χ4v) is 34.6. The standard InChI is InChI=1S/C48H94O12Si4/c1-29(2)39-22-21-38(19)27-40(39)52-28-41(49)53-42-43(54-48(50-20)23-25-51-26-24-48)45-47(58-64(36(15)16,37(17)18)60-62(56-45,32(7)8)33(9)10)46-44(42)55-61(30(3)4,31(5)6)59-63(57-46,34(11)12)35(13)14/h29-40,42-47H,21-28H2,1-20H3/t38-,39+,40-,42+,43-,44-,45-,46+,47+/m1/s1. The molecule has 5 aliphatic rings. The molecule has 0 spiro atoms. The van der Waals surface area contributed by atoms with Gasteiger partial charge in [-0.2, -0.15) is 0 Å². The van der Waals surface area contributed by atoms with Gasteiger partial charge in [0.05, 0.1) is 19.3 Å². The zero-order valence-electron chi connectivity index (χ0n) is 43.9. The Morgan fingerprint density at radius 3 is 1.34 bits per heavy atom. The molecular formula is C48H94O12Si4. The van der Waals surface area contributed by atoms with E-state index >= 15 is 0 Å². The Morgan fingerprint density at radius 2 is 0.969 bits per heavy atom. The van der Waals surface area contributed by atoms with Gasteiger partial charge in [0.15, 0.2) is 11.9 Å². The van der Waals surface area contributed by atoms with Crippen molar-refractivity contribution in [3.05, 3.63) is 0 Å². The van der Waals surface area contributed by atoms with Gasteiger partial charge in [0, 0.05) is 20.0 Å². The van der Waals surface area contributed by atoms with Crippen LogP contribution in [-0.2, 0) is 54.4 Å². The predicted molar refractivity (Wildman–Crippen MR) is 261 cm³/mol. The summed E-state index contributed by atoms with van der Waals surface area (Å²) in [6.45, 7) is 43.3. The normalized spacial score (nSPS) is 33.9. The molecule has 2 saturated carbocycles. The van der Waals surface area contributed by atoms with E-state index < -0.39 is 82.6 Å². The van der Waals surface area contributed by atoms with Gasteiger partial charge in [0.1, 0.15) is 37.1 Å². The van der Waals surface area contributed by atoms with E-state index in [1.54, 1.807) is 7.11 Å². The quantitative estimate of drug-likeness (QED) is 0.0832. The molecule has 9 atom stereocenters. The highest BCUT2D eigenvalue weighted by molar-refractivity contribution is 6.85. The van der Waals surface area contributed by atoms with Gasteiger partial charge in [-0.25, -0.2) is 4.79 Å². The molecule has 5 fully saturated rings. The van der Waals surface area contributed by atoms with E-state index in [1.807, 2.05) is 0 Å². The molecule has 2 aliphatic carbocycles. The van der Waals surface area contributed by atoms with Gasteiger partial charge < -0.3 is 49.6 Å². The smallest absolute Gasteiger partial charge is 0.335 e. The molecule has 0 N–H and O–H groups in total. The SMILES string of the molecule is COC1(O[C@@H]2[C@H](OC(=O)CO[C@@H]3C[C@H](C)CC[C@H]3C(C)C)[C@H]3O[Si](C(C)C)(C(C)C)O[Si](C(C)C)(C(C)C)O[C@@H]3[C@H]3O[Si](C(C)C)(C(C)C)O[Si](C(C)C)(C(C)C)O[C@H]23)CCOCC1. The summed E-state index contributed by atoms with van der Waals surface area (Å²) >= 11 is 0. The third-order valence-electron chi connectivity index (χ3n) is 15.9. The molecule has 374 valence electrons. The molecule has 5 rings (SSSR count). The second-order valence-corrected chi connectivity index (χ2v) is 40.7. The van der Waals surface area contributed by atoms with Gasteiger partial charge in [-0.15, -0.1) is 0 Å². The van der Waals surface area contributed by atoms with Gasteiger partial charge >= 0.3 is 40.2 Å². The van der Waals surface area contributed by atoms with Crippen LogP contribution in [0.5, 0.6) is 0 Å². The maximum atomic E-state index is 14.8. The molecular weight excluding hydrogens is 881 g/mol. The molecule has 0 aromatic carbocycles. The number of hydrogen-bond donors (Lipinski definition) is 0. The summed E-state index contributed by atoms with van der Waals surface area (Å²) in [5.41, 5.74) is 0.442. The Kier molecular flexibility index (Phi) is 18.4. The van der Waals surface area contributed by atoms with Crippen molar-refractivity contribution in [2.45, 2.75) is 256 Å². The number of hydrogen-bond acceptors (Lipinski definition) is 12. The molecule has 12 nitrogen and oxygen atoms in total. The number of rotatable bonds is 16. The maximum absolute atomic E-state index is 14.8. The summed E-state index contributed by atoms with van der Waals surface area (Å²) in [5, 5.41) is 0. The molecule has 3 heterocycles. The summed E-state index contributed by atoms with van der Waals surface area (Å²) in [6.07, 6.45) is -0.818. The molecule has 3 saturated heterocycles. The van der Waals surface area contributed by atoms with Crippen molar-refractivity contribution in [3.63, 3.8) is 0 Å². The Labute approximate surface area is 394 Å². The van der Waals surface area contributed by atoms with Crippen LogP contribution in [0.2, 0.25) is 44.3 Å². The Morgan fingerprint density at radius 1 is 0.578 bits per heavy atom. The van der Waals surface area contributed by atoms with Crippen molar-refractivity contribution >= 4 is 40.2 Å². The van der Waals surface area contributed by atoms with E-state index in [-0.39, 0.29) is 57.0 Å². The van der Waals surface area contributed by atoms with Crippen molar-refractivity contribution in [1.82, 2.24) is 0 Å². The van der Waals surface area contributed by atoms with Crippen LogP contribution < -0.4 is 0 Å². The average Bonchev–Trinajstić information content (AvgIpc) is 3.50. The van der Waals surface area contributed by atoms with Gasteiger partial charge in [-0.05, 0) is 74.9 Å². The first-order chi connectivity index (χ1) is 29.8. The van der Waals surface area contributed by atoms with E-state index in [4.69, 9.17) is 49.6 Å². The fourth-order valence-electron chi connectivity index (χ4n) is 12.0. The first-order valence-electron chi connectivity index (χ1n) is 25.5. The molecule has 16 heteroatoms. The maximum Gasteiger partial charge on any atom is 0.335 e. The lowest BCUT2D eigenvalue weighted by atomic mass is 9.75. The number of fused-ring (bicyclic) bond motifs is 3. The van der Waals surface area contributed by atoms with Crippen LogP contribution in [0.25, 0.3) is 0 Å². The fraction of sp³-hybridized carbons (Fsp3) is 0.979. The minimum atomic E-state index is -3.25. The summed E-state index contributed by atoms with van der Waals surface area (Å²) < 4.78 is 80.8. The monoisotopic (exact) mass is 975 g/mol. The number of esters is 1. The zero-order valence-corrected chi connectivity index (χ0v) is 47.9. The Balaban J connectivity index is 1.81. The van der Waals surface area contributed by atoms with Crippen molar-refractivity contribution in [3.8, 4) is 0 Å². The van der Waals surface area contributed by atoms with Crippen LogP contribution in [0.1, 0.15) is 164 Å². The second-order valence-electron chi connectivity index (χ2n) is 23.1. The third kappa shape index (κ3) is 10.5. The first kappa shape index (κ1) is 54.9. The largest absolute Gasteiger partial charge is 0.455 e. The van der Waals surface area contributed by atoms with Gasteiger partial charge in [-0.1, -0.05) is 138 Å². The summed E-state index contributed by atoms with van der Waals surface area (Å²) in [7, 11) is -11.2. The molecule has 0 aromatic rings. The van der Waals surface area contributed by atoms with Gasteiger partial charge in [0.25, 0.3) is 0 Å². The topological polar surface area (TPSA) is 119 Å². The third-order valence-corrected chi connectivity index (χ3v) is 36.5. The van der Waals surface area contributed by atoms with Crippen LogP contribution >= 0.6 is 0 Å². The summed E-state index contributed by atoms with van der Waals surface area (Å²) in [5.74, 6) is -0.181. The number of carbonyl (C=O) groups excluding carboxylic acids is 1. The van der Waals surface area contributed by atoms with E-state index in [0.717, 1.165) is 12.8 Å². The van der Waals surface area contributed by atoms with Crippen LogP contribution in [0.15, 0.2) is 0 Å². The lowest BCUT2D eigenvalue weighted by Crippen LogP contribution is -2.72. The molecule has 64 heavy (non-hydrogen) atoms. The minimum Gasteiger partial charge on any atom is -0.455 e. The molecule has 0 aromatic heterocycles. The van der Waals surface area contributed by atoms with Crippen molar-refractivity contribution in [1.29, 1.82) is 0 Å². The Bertz CT molecular complexity index is 1470. The highest BCUT2D eigenvalue weighted by Gasteiger charge is 2.71. The lowest BCUT2D eigenvalue weighted by Gasteiger charge is -2.54. The van der Waals surface area contributed by atoms with Crippen LogP contribution in [0.3, 0.4) is 0 Å². The highest BCUT2D eigenvalue weighted by Crippen LogP contribution is 2.55. The van der Waals surface area contributed by atoms with E-state index in [9.17, 15) is 4.79 Å².